The van der Waals surface area contributed by atoms with E-state index in [1.165, 1.54) is 11.3 Å². The number of nitrogens with zero attached hydrogens (tertiary/aromatic N) is 1. The minimum absolute atomic E-state index is 0.0953. The molecule has 4 aromatic rings. The van der Waals surface area contributed by atoms with Gasteiger partial charge in [0.15, 0.2) is 0 Å². The van der Waals surface area contributed by atoms with Crippen LogP contribution in [0.25, 0.3) is 16.8 Å². The van der Waals surface area contributed by atoms with Gasteiger partial charge in [-0.1, -0.05) is 48.5 Å². The highest BCUT2D eigenvalue weighted by atomic mass is 32.1. The molecule has 2 aromatic carbocycles. The molecule has 1 amide bonds. The number of carbonyl (C=O) groups is 1. The summed E-state index contributed by atoms with van der Waals surface area (Å²) in [6.07, 6.45) is 3.93. The summed E-state index contributed by atoms with van der Waals surface area (Å²) in [4.78, 5) is 13.6. The van der Waals surface area contributed by atoms with Gasteiger partial charge in [0.25, 0.3) is 5.91 Å². The number of anilines is 1. The zero-order chi connectivity index (χ0) is 17.1. The van der Waals surface area contributed by atoms with Crippen LogP contribution in [0.15, 0.2) is 90.6 Å². The summed E-state index contributed by atoms with van der Waals surface area (Å²) in [6, 6.07) is 23.6. The summed E-state index contributed by atoms with van der Waals surface area (Å²) in [5.41, 5.74) is 3.86. The first kappa shape index (κ1) is 15.4. The average Bonchev–Trinajstić information content (AvgIpc) is 3.32. The summed E-state index contributed by atoms with van der Waals surface area (Å²) in [5, 5.41) is 5.03. The maximum Gasteiger partial charge on any atom is 0.267 e. The third-order valence-electron chi connectivity index (χ3n) is 3.95. The number of amides is 1. The highest BCUT2D eigenvalue weighted by molar-refractivity contribution is 7.13. The van der Waals surface area contributed by atoms with Crippen molar-refractivity contribution in [1.29, 1.82) is 0 Å². The molecule has 0 fully saturated rings. The number of nitrogens with one attached hydrogen (secondary N) is 1. The van der Waals surface area contributed by atoms with E-state index in [0.717, 1.165) is 22.5 Å². The first-order valence-electron chi connectivity index (χ1n) is 7.99. The summed E-state index contributed by atoms with van der Waals surface area (Å²) in [6.45, 7) is 0. The second kappa shape index (κ2) is 6.79. The van der Waals surface area contributed by atoms with Crippen LogP contribution in [-0.4, -0.2) is 10.5 Å². The zero-order valence-electron chi connectivity index (χ0n) is 13.4. The summed E-state index contributed by atoms with van der Waals surface area (Å²) >= 11 is 1.46. The molecule has 0 unspecified atom stereocenters. The van der Waals surface area contributed by atoms with Crippen LogP contribution in [0.1, 0.15) is 9.67 Å². The molecule has 0 atom stereocenters. The molecule has 0 saturated heterocycles. The van der Waals surface area contributed by atoms with Gasteiger partial charge in [-0.15, -0.1) is 11.3 Å². The lowest BCUT2D eigenvalue weighted by atomic mass is 10.1. The fraction of sp³-hybridized carbons (Fsp3) is 0. The van der Waals surface area contributed by atoms with Crippen LogP contribution >= 0.6 is 11.3 Å². The van der Waals surface area contributed by atoms with E-state index >= 15 is 0 Å². The Balaban J connectivity index is 1.78. The van der Waals surface area contributed by atoms with Crippen LogP contribution in [0.5, 0.6) is 0 Å². The van der Waals surface area contributed by atoms with Gasteiger partial charge in [-0.05, 0) is 29.8 Å². The first-order chi connectivity index (χ1) is 12.3. The maximum atomic E-state index is 12.9. The topological polar surface area (TPSA) is 34.0 Å². The Morgan fingerprint density at radius 3 is 2.16 bits per heavy atom. The van der Waals surface area contributed by atoms with Crippen molar-refractivity contribution in [2.45, 2.75) is 0 Å². The van der Waals surface area contributed by atoms with Crippen LogP contribution in [0.2, 0.25) is 0 Å². The third-order valence-corrected chi connectivity index (χ3v) is 4.92. The SMILES string of the molecule is O=C(Nc1ccccc1)c1scc(-c2ccccc2)c1-n1cccc1. The molecule has 0 saturated carbocycles. The van der Waals surface area contributed by atoms with Crippen molar-refractivity contribution in [1.82, 2.24) is 4.57 Å². The second-order valence-electron chi connectivity index (χ2n) is 5.60. The molecule has 1 N–H and O–H groups in total. The lowest BCUT2D eigenvalue weighted by Gasteiger charge is -2.10. The Hall–Kier alpha value is -3.11. The Morgan fingerprint density at radius 1 is 0.840 bits per heavy atom. The van der Waals surface area contributed by atoms with Crippen molar-refractivity contribution in [2.24, 2.45) is 0 Å². The van der Waals surface area contributed by atoms with Crippen LogP contribution < -0.4 is 5.32 Å². The molecule has 4 heteroatoms. The number of hydrogen-bond acceptors (Lipinski definition) is 2. The smallest absolute Gasteiger partial charge is 0.267 e. The van der Waals surface area contributed by atoms with Crippen LogP contribution in [0, 0.1) is 0 Å². The van der Waals surface area contributed by atoms with E-state index in [2.05, 4.69) is 17.4 Å². The average molecular weight is 344 g/mol. The van der Waals surface area contributed by atoms with Gasteiger partial charge in [-0.3, -0.25) is 4.79 Å². The predicted octanol–water partition coefficient (Wildman–Crippen LogP) is 5.46. The minimum atomic E-state index is -0.0953. The Morgan fingerprint density at radius 2 is 1.48 bits per heavy atom. The van der Waals surface area contributed by atoms with Crippen molar-refractivity contribution >= 4 is 22.9 Å². The monoisotopic (exact) mass is 344 g/mol. The standard InChI is InChI=1S/C21H16N2OS/c24-21(22-17-11-5-2-6-12-17)20-19(23-13-7-8-14-23)18(15-25-20)16-9-3-1-4-10-16/h1-15H,(H,22,24). The molecule has 0 spiro atoms. The fourth-order valence-electron chi connectivity index (χ4n) is 2.78. The lowest BCUT2D eigenvalue weighted by molar-refractivity contribution is 0.103. The number of carbonyl (C=O) groups excluding carboxylic acids is 1. The van der Waals surface area contributed by atoms with E-state index in [-0.39, 0.29) is 5.91 Å². The van der Waals surface area contributed by atoms with Crippen LogP contribution in [0.4, 0.5) is 5.69 Å². The number of para-hydroxylation sites is 1. The lowest BCUT2D eigenvalue weighted by Crippen LogP contribution is -2.12. The normalized spacial score (nSPS) is 10.6. The fourth-order valence-corrected chi connectivity index (χ4v) is 3.75. The predicted molar refractivity (Wildman–Crippen MR) is 103 cm³/mol. The van der Waals surface area contributed by atoms with Gasteiger partial charge in [-0.25, -0.2) is 0 Å². The molecule has 2 aromatic heterocycles. The van der Waals surface area contributed by atoms with Crippen molar-refractivity contribution < 1.29 is 4.79 Å². The van der Waals surface area contributed by atoms with E-state index < -0.39 is 0 Å². The molecular weight excluding hydrogens is 328 g/mol. The highest BCUT2D eigenvalue weighted by Crippen LogP contribution is 2.35. The molecule has 122 valence electrons. The molecule has 25 heavy (non-hydrogen) atoms. The van der Waals surface area contributed by atoms with Crippen LogP contribution in [0.3, 0.4) is 0 Å². The molecule has 0 aliphatic carbocycles. The van der Waals surface area contributed by atoms with Gasteiger partial charge < -0.3 is 9.88 Å². The second-order valence-corrected chi connectivity index (χ2v) is 6.48. The van der Waals surface area contributed by atoms with Gasteiger partial charge in [-0.2, -0.15) is 0 Å². The molecule has 3 nitrogen and oxygen atoms in total. The van der Waals surface area contributed by atoms with Crippen molar-refractivity contribution in [3.05, 3.63) is 95.4 Å². The Kier molecular flexibility index (Phi) is 4.19. The number of rotatable bonds is 4. The highest BCUT2D eigenvalue weighted by Gasteiger charge is 2.20. The van der Waals surface area contributed by atoms with Gasteiger partial charge in [0.05, 0.1) is 5.69 Å². The number of benzene rings is 2. The van der Waals surface area contributed by atoms with E-state index in [0.29, 0.717) is 4.88 Å². The number of aromatic nitrogens is 1. The quantitative estimate of drug-likeness (QED) is 0.524. The van der Waals surface area contributed by atoms with Gasteiger partial charge in [0, 0.05) is 29.0 Å². The Bertz CT molecular complexity index is 973. The first-order valence-corrected chi connectivity index (χ1v) is 8.87. The molecule has 4 rings (SSSR count). The van der Waals surface area contributed by atoms with Crippen LogP contribution in [-0.2, 0) is 0 Å². The molecule has 0 radical (unpaired) electrons. The molecule has 0 bridgehead atoms. The zero-order valence-corrected chi connectivity index (χ0v) is 14.2. The Labute approximate surface area is 150 Å². The third kappa shape index (κ3) is 3.12. The number of hydrogen-bond donors (Lipinski definition) is 1. The van der Waals surface area contributed by atoms with E-state index in [1.54, 1.807) is 0 Å². The van der Waals surface area contributed by atoms with Crippen molar-refractivity contribution in [3.63, 3.8) is 0 Å². The number of thiophene rings is 1. The molecule has 2 heterocycles. The molecular formula is C21H16N2OS. The largest absolute Gasteiger partial charge is 0.322 e. The van der Waals surface area contributed by atoms with Crippen molar-refractivity contribution in [3.8, 4) is 16.8 Å². The summed E-state index contributed by atoms with van der Waals surface area (Å²) in [7, 11) is 0. The van der Waals surface area contributed by atoms with E-state index in [4.69, 9.17) is 0 Å². The van der Waals surface area contributed by atoms with Gasteiger partial charge in [0.2, 0.25) is 0 Å². The van der Waals surface area contributed by atoms with E-state index in [1.807, 2.05) is 83.0 Å². The van der Waals surface area contributed by atoms with E-state index in [9.17, 15) is 4.79 Å². The minimum Gasteiger partial charge on any atom is -0.322 e. The molecule has 0 aliphatic rings. The van der Waals surface area contributed by atoms with Gasteiger partial charge >= 0.3 is 0 Å². The summed E-state index contributed by atoms with van der Waals surface area (Å²) < 4.78 is 2.00. The van der Waals surface area contributed by atoms with Gasteiger partial charge in [0.1, 0.15) is 4.88 Å². The van der Waals surface area contributed by atoms with Crippen molar-refractivity contribution in [2.75, 3.05) is 5.32 Å². The molecule has 0 aliphatic heterocycles. The summed E-state index contributed by atoms with van der Waals surface area (Å²) in [5.74, 6) is -0.0953. The maximum absolute atomic E-state index is 12.9.